The van der Waals surface area contributed by atoms with Crippen LogP contribution in [0.15, 0.2) is 0 Å². The van der Waals surface area contributed by atoms with Crippen LogP contribution in [-0.4, -0.2) is 31.7 Å². The summed E-state index contributed by atoms with van der Waals surface area (Å²) in [6.45, 7) is 4.59. The van der Waals surface area contributed by atoms with Crippen molar-refractivity contribution in [3.63, 3.8) is 0 Å². The summed E-state index contributed by atoms with van der Waals surface area (Å²) in [6, 6.07) is 0.878. The molecule has 18 heavy (non-hydrogen) atoms. The summed E-state index contributed by atoms with van der Waals surface area (Å²) in [4.78, 5) is 0. The molecule has 112 valence electrons. The van der Waals surface area contributed by atoms with Crippen molar-refractivity contribution in [1.29, 1.82) is 0 Å². The molecule has 0 rings (SSSR count). The van der Waals surface area contributed by atoms with Crippen LogP contribution in [0.2, 0.25) is 0 Å². The Kier molecular flexibility index (Phi) is 14.4. The molecule has 0 aromatic heterocycles. The zero-order valence-corrected chi connectivity index (χ0v) is 15.1. The van der Waals surface area contributed by atoms with E-state index >= 15 is 0 Å². The lowest BCUT2D eigenvalue weighted by Crippen LogP contribution is -3.00. The molecule has 0 aliphatic heterocycles. The Morgan fingerprint density at radius 1 is 0.667 bits per heavy atom. The summed E-state index contributed by atoms with van der Waals surface area (Å²) in [5.74, 6) is 0. The van der Waals surface area contributed by atoms with E-state index in [1.54, 1.807) is 0 Å². The Bertz CT molecular complexity index is 151. The number of nitrogens with zero attached hydrogens (tertiary/aromatic N) is 1. The second-order valence-electron chi connectivity index (χ2n) is 6.47. The highest BCUT2D eigenvalue weighted by Gasteiger charge is 2.22. The van der Waals surface area contributed by atoms with Gasteiger partial charge >= 0.3 is 0 Å². The Morgan fingerprint density at radius 2 is 1.06 bits per heavy atom. The van der Waals surface area contributed by atoms with Crippen molar-refractivity contribution in [1.82, 2.24) is 0 Å². The molecule has 0 radical (unpaired) electrons. The summed E-state index contributed by atoms with van der Waals surface area (Å²) >= 11 is 0. The zero-order chi connectivity index (χ0) is 13.1. The molecule has 1 nitrogen and oxygen atoms in total. The van der Waals surface area contributed by atoms with Gasteiger partial charge in [0.2, 0.25) is 0 Å². The molecule has 0 saturated heterocycles. The van der Waals surface area contributed by atoms with Crippen LogP contribution in [0.25, 0.3) is 0 Å². The first-order chi connectivity index (χ1) is 8.02. The van der Waals surface area contributed by atoms with E-state index in [4.69, 9.17) is 0 Å². The normalized spacial score (nSPS) is 11.7. The maximum atomic E-state index is 2.37. The van der Waals surface area contributed by atoms with Gasteiger partial charge in [0.15, 0.2) is 0 Å². The molecule has 0 atom stereocenters. The predicted octanol–water partition coefficient (Wildman–Crippen LogP) is 2.01. The molecule has 0 saturated carbocycles. The predicted molar refractivity (Wildman–Crippen MR) is 79.3 cm³/mol. The van der Waals surface area contributed by atoms with Gasteiger partial charge in [-0.1, -0.05) is 52.4 Å². The molecule has 0 aliphatic rings. The van der Waals surface area contributed by atoms with Gasteiger partial charge in [0.05, 0.1) is 27.2 Å². The molecule has 0 aromatic rings. The topological polar surface area (TPSA) is 0 Å². The fourth-order valence-corrected chi connectivity index (χ4v) is 2.53. The number of halogens is 1. The fraction of sp³-hybridized carbons (Fsp3) is 1.00. The number of hydrogen-bond acceptors (Lipinski definition) is 0. The molecule has 0 unspecified atom stereocenters. The molecule has 0 aromatic carbocycles. The van der Waals surface area contributed by atoms with Crippen LogP contribution < -0.4 is 17.0 Å². The average Bonchev–Trinajstić information content (AvgIpc) is 2.25. The van der Waals surface area contributed by atoms with Crippen molar-refractivity contribution in [2.75, 3.05) is 21.1 Å². The summed E-state index contributed by atoms with van der Waals surface area (Å²) < 4.78 is 1.15. The van der Waals surface area contributed by atoms with Crippen molar-refractivity contribution >= 4 is 0 Å². The Hall–Kier alpha value is 0.440. The van der Waals surface area contributed by atoms with Gasteiger partial charge in [0.25, 0.3) is 0 Å². The van der Waals surface area contributed by atoms with Gasteiger partial charge in [0.1, 0.15) is 0 Å². The van der Waals surface area contributed by atoms with Crippen LogP contribution in [0.4, 0.5) is 0 Å². The molecule has 0 fully saturated rings. The van der Waals surface area contributed by atoms with Crippen molar-refractivity contribution in [3.05, 3.63) is 0 Å². The van der Waals surface area contributed by atoms with Gasteiger partial charge in [-0.15, -0.1) is 0 Å². The summed E-state index contributed by atoms with van der Waals surface area (Å²) in [5, 5.41) is 0. The van der Waals surface area contributed by atoms with Crippen LogP contribution in [0, 0.1) is 0 Å². The third-order valence-electron chi connectivity index (χ3n) is 3.88. The fourth-order valence-electron chi connectivity index (χ4n) is 2.53. The van der Waals surface area contributed by atoms with Gasteiger partial charge in [-0.05, 0) is 25.7 Å². The van der Waals surface area contributed by atoms with Crippen LogP contribution in [-0.2, 0) is 0 Å². The lowest BCUT2D eigenvalue weighted by Gasteiger charge is -2.34. The minimum atomic E-state index is 0. The molecule has 0 bridgehead atoms. The second-order valence-corrected chi connectivity index (χ2v) is 6.47. The van der Waals surface area contributed by atoms with E-state index in [0.29, 0.717) is 0 Å². The lowest BCUT2D eigenvalue weighted by atomic mass is 9.99. The van der Waals surface area contributed by atoms with Gasteiger partial charge in [-0.3, -0.25) is 0 Å². The first-order valence-corrected chi connectivity index (χ1v) is 7.83. The van der Waals surface area contributed by atoms with E-state index in [9.17, 15) is 0 Å². The van der Waals surface area contributed by atoms with Gasteiger partial charge in [-0.2, -0.15) is 0 Å². The van der Waals surface area contributed by atoms with Crippen LogP contribution in [0.5, 0.6) is 0 Å². The molecule has 0 spiro atoms. The highest BCUT2D eigenvalue weighted by molar-refractivity contribution is 4.59. The van der Waals surface area contributed by atoms with E-state index in [-0.39, 0.29) is 17.0 Å². The van der Waals surface area contributed by atoms with E-state index < -0.39 is 0 Å². The number of hydrogen-bond donors (Lipinski definition) is 0. The van der Waals surface area contributed by atoms with E-state index in [0.717, 1.165) is 10.5 Å². The standard InChI is InChI=1S/C16H36N.BrH/c1-6-8-10-12-14-16(17(3,4)5)15-13-11-9-7-2;/h16H,6-15H2,1-5H3;1H/q+1;/p-1. The minimum Gasteiger partial charge on any atom is -1.00 e. The Labute approximate surface area is 127 Å². The second kappa shape index (κ2) is 12.5. The Balaban J connectivity index is 0. The van der Waals surface area contributed by atoms with Crippen molar-refractivity contribution < 1.29 is 21.5 Å². The Morgan fingerprint density at radius 3 is 1.33 bits per heavy atom. The molecule has 0 N–H and O–H groups in total. The molecule has 0 heterocycles. The average molecular weight is 322 g/mol. The number of unbranched alkanes of at least 4 members (excludes halogenated alkanes) is 6. The molecule has 2 heteroatoms. The summed E-state index contributed by atoms with van der Waals surface area (Å²) in [6.07, 6.45) is 14.1. The van der Waals surface area contributed by atoms with Gasteiger partial charge < -0.3 is 21.5 Å². The van der Waals surface area contributed by atoms with Crippen LogP contribution in [0.1, 0.15) is 78.1 Å². The molecule has 0 aliphatic carbocycles. The van der Waals surface area contributed by atoms with Crippen LogP contribution >= 0.6 is 0 Å². The van der Waals surface area contributed by atoms with Crippen molar-refractivity contribution in [2.45, 2.75) is 84.1 Å². The zero-order valence-electron chi connectivity index (χ0n) is 13.5. The number of quaternary nitrogens is 1. The highest BCUT2D eigenvalue weighted by Crippen LogP contribution is 2.19. The van der Waals surface area contributed by atoms with Crippen LogP contribution in [0.3, 0.4) is 0 Å². The van der Waals surface area contributed by atoms with E-state index in [1.165, 1.54) is 64.2 Å². The monoisotopic (exact) mass is 321 g/mol. The number of rotatable bonds is 11. The van der Waals surface area contributed by atoms with Crippen molar-refractivity contribution in [2.24, 2.45) is 0 Å². The highest BCUT2D eigenvalue weighted by atomic mass is 79.9. The molecular weight excluding hydrogens is 286 g/mol. The quantitative estimate of drug-likeness (QED) is 0.403. The first-order valence-electron chi connectivity index (χ1n) is 7.83. The summed E-state index contributed by atoms with van der Waals surface area (Å²) in [5.41, 5.74) is 0. The van der Waals surface area contributed by atoms with Gasteiger partial charge in [0, 0.05) is 0 Å². The first kappa shape index (κ1) is 20.8. The van der Waals surface area contributed by atoms with E-state index in [1.807, 2.05) is 0 Å². The smallest absolute Gasteiger partial charge is 0.0884 e. The van der Waals surface area contributed by atoms with Gasteiger partial charge in [-0.25, -0.2) is 0 Å². The minimum absolute atomic E-state index is 0. The third kappa shape index (κ3) is 11.5. The van der Waals surface area contributed by atoms with E-state index in [2.05, 4.69) is 35.0 Å². The largest absolute Gasteiger partial charge is 1.00 e. The van der Waals surface area contributed by atoms with Crippen molar-refractivity contribution in [3.8, 4) is 0 Å². The maximum Gasteiger partial charge on any atom is 0.0884 e. The lowest BCUT2D eigenvalue weighted by molar-refractivity contribution is -0.896. The maximum absolute atomic E-state index is 2.37. The third-order valence-corrected chi connectivity index (χ3v) is 3.88. The SMILES string of the molecule is CCCCCCC(CCCCCC)[N+](C)(C)C.[Br-]. The molecular formula is C16H36BrN. The summed E-state index contributed by atoms with van der Waals surface area (Å²) in [7, 11) is 7.10. The molecule has 0 amide bonds.